The lowest BCUT2D eigenvalue weighted by Gasteiger charge is -2.30. The van der Waals surface area contributed by atoms with Crippen LogP contribution in [0.5, 0.6) is 0 Å². The Morgan fingerprint density at radius 3 is 1.75 bits per heavy atom. The summed E-state index contributed by atoms with van der Waals surface area (Å²) in [6.45, 7) is 12.0. The average Bonchev–Trinajstić information content (AvgIpc) is 1.98. The lowest BCUT2D eigenvalue weighted by Crippen LogP contribution is -2.43. The Balaban J connectivity index is 4.36. The van der Waals surface area contributed by atoms with Crippen LogP contribution in [0.25, 0.3) is 0 Å². The second-order valence-electron chi connectivity index (χ2n) is 3.52. The Kier molecular flexibility index (Phi) is 5.14. The molecule has 1 atom stereocenters. The Bertz CT molecular complexity index is 139. The molecule has 0 radical (unpaired) electrons. The van der Waals surface area contributed by atoms with Gasteiger partial charge in [0, 0.05) is 0 Å². The molecule has 0 aliphatic rings. The number of hydrogen-bond acceptors (Lipinski definition) is 2. The standard InChI is InChI=1S/C10H21NO/c1-6-11(7-2)10(8(3)4)9(5)12/h8,10H,6-7H2,1-5H3/t10-/m1/s1. The van der Waals surface area contributed by atoms with Gasteiger partial charge in [-0.15, -0.1) is 0 Å². The lowest BCUT2D eigenvalue weighted by atomic mass is 9.99. The third kappa shape index (κ3) is 2.94. The predicted molar refractivity (Wildman–Crippen MR) is 52.2 cm³/mol. The van der Waals surface area contributed by atoms with E-state index in [9.17, 15) is 4.79 Å². The highest BCUT2D eigenvalue weighted by Crippen LogP contribution is 2.11. The van der Waals surface area contributed by atoms with Crippen LogP contribution in [0.4, 0.5) is 0 Å². The molecule has 0 unspecified atom stereocenters. The van der Waals surface area contributed by atoms with Crippen LogP contribution in [0.3, 0.4) is 0 Å². The summed E-state index contributed by atoms with van der Waals surface area (Å²) in [6, 6.07) is 0.111. The maximum atomic E-state index is 11.3. The fraction of sp³-hybridized carbons (Fsp3) is 0.900. The molecule has 0 N–H and O–H groups in total. The van der Waals surface area contributed by atoms with Gasteiger partial charge < -0.3 is 0 Å². The molecule has 0 bridgehead atoms. The van der Waals surface area contributed by atoms with Crippen molar-refractivity contribution >= 4 is 5.78 Å². The van der Waals surface area contributed by atoms with Gasteiger partial charge in [0.25, 0.3) is 0 Å². The first-order valence-electron chi connectivity index (χ1n) is 4.79. The maximum absolute atomic E-state index is 11.3. The fourth-order valence-corrected chi connectivity index (χ4v) is 1.77. The van der Waals surface area contributed by atoms with E-state index in [1.165, 1.54) is 0 Å². The predicted octanol–water partition coefficient (Wildman–Crippen LogP) is 1.94. The minimum atomic E-state index is 0.111. The molecular weight excluding hydrogens is 150 g/mol. The summed E-state index contributed by atoms with van der Waals surface area (Å²) >= 11 is 0. The first-order chi connectivity index (χ1) is 5.54. The van der Waals surface area contributed by atoms with Crippen LogP contribution in [-0.4, -0.2) is 29.8 Å². The number of likely N-dealkylation sites (N-methyl/N-ethyl adjacent to an activating group) is 1. The SMILES string of the molecule is CCN(CC)[C@@H](C(C)=O)C(C)C. The van der Waals surface area contributed by atoms with Gasteiger partial charge in [0.15, 0.2) is 0 Å². The Morgan fingerprint density at radius 2 is 1.67 bits per heavy atom. The van der Waals surface area contributed by atoms with Crippen molar-refractivity contribution in [1.82, 2.24) is 4.90 Å². The van der Waals surface area contributed by atoms with Crippen LogP contribution in [0.15, 0.2) is 0 Å². The topological polar surface area (TPSA) is 20.3 Å². The molecule has 2 nitrogen and oxygen atoms in total. The summed E-state index contributed by atoms with van der Waals surface area (Å²) < 4.78 is 0. The molecule has 0 heterocycles. The smallest absolute Gasteiger partial charge is 0.147 e. The van der Waals surface area contributed by atoms with Gasteiger partial charge in [0.1, 0.15) is 5.78 Å². The number of ketones is 1. The Hall–Kier alpha value is -0.370. The number of Topliss-reactive ketones (excluding diaryl/α,β-unsaturated/α-hetero) is 1. The van der Waals surface area contributed by atoms with Crippen LogP contribution in [0.1, 0.15) is 34.6 Å². The summed E-state index contributed by atoms with van der Waals surface area (Å²) in [5, 5.41) is 0. The zero-order valence-corrected chi connectivity index (χ0v) is 8.92. The third-order valence-electron chi connectivity index (χ3n) is 2.25. The molecule has 0 rings (SSSR count). The van der Waals surface area contributed by atoms with Gasteiger partial charge in [0.2, 0.25) is 0 Å². The van der Waals surface area contributed by atoms with E-state index >= 15 is 0 Å². The van der Waals surface area contributed by atoms with Crippen molar-refractivity contribution in [1.29, 1.82) is 0 Å². The van der Waals surface area contributed by atoms with Gasteiger partial charge in [0.05, 0.1) is 6.04 Å². The van der Waals surface area contributed by atoms with Gasteiger partial charge in [-0.1, -0.05) is 27.7 Å². The molecule has 0 saturated heterocycles. The van der Waals surface area contributed by atoms with Crippen molar-refractivity contribution in [3.05, 3.63) is 0 Å². The quantitative estimate of drug-likeness (QED) is 0.630. The van der Waals surface area contributed by atoms with E-state index in [4.69, 9.17) is 0 Å². The zero-order valence-electron chi connectivity index (χ0n) is 8.92. The minimum absolute atomic E-state index is 0.111. The first-order valence-corrected chi connectivity index (χ1v) is 4.79. The van der Waals surface area contributed by atoms with E-state index in [-0.39, 0.29) is 11.8 Å². The molecule has 0 aliphatic heterocycles. The summed E-state index contributed by atoms with van der Waals surface area (Å²) in [5.74, 6) is 0.705. The van der Waals surface area contributed by atoms with Crippen LogP contribution in [0, 0.1) is 5.92 Å². The highest BCUT2D eigenvalue weighted by atomic mass is 16.1. The number of carbonyl (C=O) groups excluding carboxylic acids is 1. The third-order valence-corrected chi connectivity index (χ3v) is 2.25. The van der Waals surface area contributed by atoms with Crippen molar-refractivity contribution < 1.29 is 4.79 Å². The number of hydrogen-bond donors (Lipinski definition) is 0. The van der Waals surface area contributed by atoms with Gasteiger partial charge in [-0.3, -0.25) is 9.69 Å². The minimum Gasteiger partial charge on any atom is -0.298 e. The van der Waals surface area contributed by atoms with Crippen LogP contribution >= 0.6 is 0 Å². The molecule has 0 fully saturated rings. The average molecular weight is 171 g/mol. The Morgan fingerprint density at radius 1 is 1.25 bits per heavy atom. The molecule has 0 aromatic carbocycles. The van der Waals surface area contributed by atoms with Gasteiger partial charge >= 0.3 is 0 Å². The van der Waals surface area contributed by atoms with Gasteiger partial charge in [-0.05, 0) is 25.9 Å². The molecule has 0 aliphatic carbocycles. The van der Waals surface area contributed by atoms with E-state index in [1.807, 2.05) is 0 Å². The van der Waals surface area contributed by atoms with E-state index in [2.05, 4.69) is 32.6 Å². The fourth-order valence-electron chi connectivity index (χ4n) is 1.77. The highest BCUT2D eigenvalue weighted by Gasteiger charge is 2.23. The normalized spacial score (nSPS) is 13.9. The van der Waals surface area contributed by atoms with E-state index < -0.39 is 0 Å². The van der Waals surface area contributed by atoms with Crippen molar-refractivity contribution in [2.24, 2.45) is 5.92 Å². The largest absolute Gasteiger partial charge is 0.298 e. The van der Waals surface area contributed by atoms with Crippen molar-refractivity contribution in [2.75, 3.05) is 13.1 Å². The second kappa shape index (κ2) is 5.31. The molecular formula is C10H21NO. The van der Waals surface area contributed by atoms with E-state index in [1.54, 1.807) is 6.92 Å². The number of carbonyl (C=O) groups is 1. The lowest BCUT2D eigenvalue weighted by molar-refractivity contribution is -0.123. The van der Waals surface area contributed by atoms with Crippen molar-refractivity contribution in [2.45, 2.75) is 40.7 Å². The summed E-state index contributed by atoms with van der Waals surface area (Å²) in [7, 11) is 0. The number of nitrogens with zero attached hydrogens (tertiary/aromatic N) is 1. The number of rotatable bonds is 5. The highest BCUT2D eigenvalue weighted by molar-refractivity contribution is 5.81. The van der Waals surface area contributed by atoms with Gasteiger partial charge in [-0.2, -0.15) is 0 Å². The molecule has 0 aromatic rings. The zero-order chi connectivity index (χ0) is 9.72. The molecule has 2 heteroatoms. The van der Waals surface area contributed by atoms with Crippen LogP contribution in [-0.2, 0) is 4.79 Å². The van der Waals surface area contributed by atoms with Crippen LogP contribution in [0.2, 0.25) is 0 Å². The molecule has 72 valence electrons. The van der Waals surface area contributed by atoms with Gasteiger partial charge in [-0.25, -0.2) is 0 Å². The summed E-state index contributed by atoms with van der Waals surface area (Å²) in [6.07, 6.45) is 0. The molecule has 0 aromatic heterocycles. The van der Waals surface area contributed by atoms with Crippen molar-refractivity contribution in [3.8, 4) is 0 Å². The molecule has 0 spiro atoms. The molecule has 12 heavy (non-hydrogen) atoms. The Labute approximate surface area is 75.9 Å². The first kappa shape index (κ1) is 11.6. The van der Waals surface area contributed by atoms with E-state index in [0.717, 1.165) is 13.1 Å². The van der Waals surface area contributed by atoms with Crippen LogP contribution < -0.4 is 0 Å². The van der Waals surface area contributed by atoms with Crippen molar-refractivity contribution in [3.63, 3.8) is 0 Å². The second-order valence-corrected chi connectivity index (χ2v) is 3.52. The molecule has 0 saturated carbocycles. The van der Waals surface area contributed by atoms with E-state index in [0.29, 0.717) is 5.92 Å². The summed E-state index contributed by atoms with van der Waals surface area (Å²) in [5.41, 5.74) is 0. The maximum Gasteiger partial charge on any atom is 0.147 e. The molecule has 0 amide bonds. The monoisotopic (exact) mass is 171 g/mol. The summed E-state index contributed by atoms with van der Waals surface area (Å²) in [4.78, 5) is 13.5.